The Balaban J connectivity index is 3.16. The third-order valence-corrected chi connectivity index (χ3v) is 3.07. The molecule has 1 aromatic carbocycles. The minimum Gasteiger partial charge on any atom is -0.479 e. The predicted molar refractivity (Wildman–Crippen MR) is 75.3 cm³/mol. The zero-order valence-electron chi connectivity index (χ0n) is 12.2. The van der Waals surface area contributed by atoms with Crippen molar-refractivity contribution < 1.29 is 19.4 Å². The molecule has 110 valence electrons. The van der Waals surface area contributed by atoms with E-state index in [1.54, 1.807) is 52.0 Å². The third kappa shape index (κ3) is 3.36. The lowest BCUT2D eigenvalue weighted by molar-refractivity contribution is -0.170. The van der Waals surface area contributed by atoms with Crippen molar-refractivity contribution in [2.75, 3.05) is 0 Å². The second-order valence-electron chi connectivity index (χ2n) is 5.81. The number of hydrogen-bond acceptors (Lipinski definition) is 4. The van der Waals surface area contributed by atoms with Crippen LogP contribution in [-0.2, 0) is 14.3 Å². The molecule has 1 rings (SSSR count). The first-order valence-corrected chi connectivity index (χ1v) is 6.39. The van der Waals surface area contributed by atoms with Crippen LogP contribution in [0.25, 0.3) is 0 Å². The van der Waals surface area contributed by atoms with Crippen molar-refractivity contribution in [3.05, 3.63) is 35.9 Å². The van der Waals surface area contributed by atoms with E-state index in [1.807, 2.05) is 6.07 Å². The zero-order chi connectivity index (χ0) is 15.6. The van der Waals surface area contributed by atoms with Crippen molar-refractivity contribution in [3.8, 4) is 0 Å². The largest absolute Gasteiger partial charge is 0.479 e. The summed E-state index contributed by atoms with van der Waals surface area (Å²) in [6, 6.07) is 8.81. The second-order valence-corrected chi connectivity index (χ2v) is 5.81. The lowest BCUT2D eigenvalue weighted by atomic mass is 9.81. The summed E-state index contributed by atoms with van der Waals surface area (Å²) in [6.07, 6.45) is 0. The van der Waals surface area contributed by atoms with E-state index in [-0.39, 0.29) is 0 Å². The van der Waals surface area contributed by atoms with Crippen LogP contribution in [0, 0.1) is 0 Å². The molecular formula is C15H21NO4. The monoisotopic (exact) mass is 279 g/mol. The number of nitrogens with two attached hydrogens (primary N) is 1. The molecule has 0 aliphatic carbocycles. The van der Waals surface area contributed by atoms with E-state index in [4.69, 9.17) is 10.5 Å². The van der Waals surface area contributed by atoms with Crippen molar-refractivity contribution in [1.82, 2.24) is 0 Å². The molecule has 1 aromatic rings. The minimum atomic E-state index is -2.12. The van der Waals surface area contributed by atoms with Crippen LogP contribution in [0.2, 0.25) is 0 Å². The first kappa shape index (κ1) is 16.2. The molecule has 0 saturated carbocycles. The average molecular weight is 279 g/mol. The van der Waals surface area contributed by atoms with Crippen LogP contribution in [0.4, 0.5) is 0 Å². The van der Waals surface area contributed by atoms with Gasteiger partial charge in [-0.2, -0.15) is 0 Å². The van der Waals surface area contributed by atoms with E-state index >= 15 is 0 Å². The van der Waals surface area contributed by atoms with Crippen molar-refractivity contribution in [2.24, 2.45) is 5.73 Å². The van der Waals surface area contributed by atoms with Gasteiger partial charge in [-0.25, -0.2) is 9.59 Å². The maximum atomic E-state index is 12.2. The molecule has 0 aliphatic rings. The molecule has 3 N–H and O–H groups in total. The Morgan fingerprint density at radius 1 is 1.20 bits per heavy atom. The molecule has 0 unspecified atom stereocenters. The molecule has 0 bridgehead atoms. The van der Waals surface area contributed by atoms with E-state index in [1.165, 1.54) is 0 Å². The summed E-state index contributed by atoms with van der Waals surface area (Å²) in [5.74, 6) is -3.05. The van der Waals surface area contributed by atoms with Gasteiger partial charge in [0, 0.05) is 5.92 Å². The van der Waals surface area contributed by atoms with Gasteiger partial charge in [0.15, 0.2) is 0 Å². The van der Waals surface area contributed by atoms with Crippen molar-refractivity contribution in [2.45, 2.75) is 44.8 Å². The number of carboxylic acid groups (broad SMARTS) is 1. The topological polar surface area (TPSA) is 89.6 Å². The first-order chi connectivity index (χ1) is 9.09. The normalized spacial score (nSPS) is 16.1. The van der Waals surface area contributed by atoms with Crippen molar-refractivity contribution >= 4 is 11.9 Å². The fraction of sp³-hybridized carbons (Fsp3) is 0.467. The molecule has 0 saturated heterocycles. The van der Waals surface area contributed by atoms with Gasteiger partial charge in [-0.05, 0) is 26.3 Å². The summed E-state index contributed by atoms with van der Waals surface area (Å²) in [4.78, 5) is 23.7. The van der Waals surface area contributed by atoms with Gasteiger partial charge < -0.3 is 15.6 Å². The molecule has 0 fully saturated rings. The molecule has 0 aliphatic heterocycles. The van der Waals surface area contributed by atoms with Gasteiger partial charge in [0.2, 0.25) is 5.54 Å². The number of carbonyl (C=O) groups is 2. The molecule has 20 heavy (non-hydrogen) atoms. The highest BCUT2D eigenvalue weighted by atomic mass is 16.6. The maximum Gasteiger partial charge on any atom is 0.339 e. The minimum absolute atomic E-state index is 0.670. The standard InChI is InChI=1S/C15H21NO4/c1-10(11-8-6-5-7-9-11)15(16,12(17)18)13(19)20-14(2,3)4/h5-10H,16H2,1-4H3,(H,17,18)/t10-,15-/m0/s1. The summed E-state index contributed by atoms with van der Waals surface area (Å²) in [6.45, 7) is 6.61. The van der Waals surface area contributed by atoms with E-state index in [0.717, 1.165) is 0 Å². The molecule has 0 aromatic heterocycles. The summed E-state index contributed by atoms with van der Waals surface area (Å²) < 4.78 is 5.16. The maximum absolute atomic E-state index is 12.2. The molecule has 2 atom stereocenters. The SMILES string of the molecule is C[C@@H](c1ccccc1)[C@](N)(C(=O)O)C(=O)OC(C)(C)C. The lowest BCUT2D eigenvalue weighted by Gasteiger charge is -2.32. The summed E-state index contributed by atoms with van der Waals surface area (Å²) in [5, 5.41) is 9.41. The predicted octanol–water partition coefficient (Wildman–Crippen LogP) is 1.91. The van der Waals surface area contributed by atoms with Crippen LogP contribution in [0.3, 0.4) is 0 Å². The van der Waals surface area contributed by atoms with E-state index in [9.17, 15) is 14.7 Å². The van der Waals surface area contributed by atoms with Gasteiger partial charge in [0.1, 0.15) is 5.60 Å². The van der Waals surface area contributed by atoms with E-state index in [0.29, 0.717) is 5.56 Å². The number of aliphatic carboxylic acids is 1. The number of ether oxygens (including phenoxy) is 1. The number of esters is 1. The highest BCUT2D eigenvalue weighted by Gasteiger charge is 2.50. The van der Waals surface area contributed by atoms with Crippen LogP contribution >= 0.6 is 0 Å². The molecule has 0 radical (unpaired) electrons. The second kappa shape index (κ2) is 5.63. The van der Waals surface area contributed by atoms with Gasteiger partial charge in [0.25, 0.3) is 0 Å². The molecule has 5 heteroatoms. The summed E-state index contributed by atoms with van der Waals surface area (Å²) in [7, 11) is 0. The smallest absolute Gasteiger partial charge is 0.339 e. The Kier molecular flexibility index (Phi) is 4.55. The third-order valence-electron chi connectivity index (χ3n) is 3.07. The zero-order valence-corrected chi connectivity index (χ0v) is 12.2. The Morgan fingerprint density at radius 3 is 2.10 bits per heavy atom. The number of benzene rings is 1. The highest BCUT2D eigenvalue weighted by Crippen LogP contribution is 2.29. The van der Waals surface area contributed by atoms with Crippen LogP contribution < -0.4 is 5.73 Å². The van der Waals surface area contributed by atoms with Crippen LogP contribution in [0.1, 0.15) is 39.2 Å². The summed E-state index contributed by atoms with van der Waals surface area (Å²) >= 11 is 0. The number of hydrogen-bond donors (Lipinski definition) is 2. The van der Waals surface area contributed by atoms with Crippen LogP contribution in [-0.4, -0.2) is 28.2 Å². The van der Waals surface area contributed by atoms with Gasteiger partial charge in [-0.1, -0.05) is 37.3 Å². The van der Waals surface area contributed by atoms with Gasteiger partial charge in [0.05, 0.1) is 0 Å². The van der Waals surface area contributed by atoms with Crippen molar-refractivity contribution in [3.63, 3.8) is 0 Å². The average Bonchev–Trinajstić information content (AvgIpc) is 2.35. The first-order valence-electron chi connectivity index (χ1n) is 6.39. The Morgan fingerprint density at radius 2 is 1.70 bits per heavy atom. The fourth-order valence-electron chi connectivity index (χ4n) is 1.82. The molecular weight excluding hydrogens is 258 g/mol. The number of carboxylic acids is 1. The fourth-order valence-corrected chi connectivity index (χ4v) is 1.82. The highest BCUT2D eigenvalue weighted by molar-refractivity contribution is 6.05. The van der Waals surface area contributed by atoms with Gasteiger partial charge >= 0.3 is 11.9 Å². The molecule has 0 spiro atoms. The molecule has 0 amide bonds. The summed E-state index contributed by atoms with van der Waals surface area (Å²) in [5.41, 5.74) is 3.65. The quantitative estimate of drug-likeness (QED) is 0.649. The number of carbonyl (C=O) groups excluding carboxylic acids is 1. The molecule has 0 heterocycles. The van der Waals surface area contributed by atoms with Gasteiger partial charge in [-0.15, -0.1) is 0 Å². The van der Waals surface area contributed by atoms with E-state index in [2.05, 4.69) is 0 Å². The Hall–Kier alpha value is -1.88. The van der Waals surface area contributed by atoms with Crippen molar-refractivity contribution in [1.29, 1.82) is 0 Å². The van der Waals surface area contributed by atoms with Crippen LogP contribution in [0.15, 0.2) is 30.3 Å². The molecule has 5 nitrogen and oxygen atoms in total. The Labute approximate surface area is 118 Å². The van der Waals surface area contributed by atoms with E-state index < -0.39 is 29.0 Å². The lowest BCUT2D eigenvalue weighted by Crippen LogP contribution is -2.60. The van der Waals surface area contributed by atoms with Gasteiger partial charge in [-0.3, -0.25) is 0 Å². The van der Waals surface area contributed by atoms with Crippen LogP contribution in [0.5, 0.6) is 0 Å². The number of rotatable bonds is 4. The Bertz CT molecular complexity index is 492.